The van der Waals surface area contributed by atoms with Gasteiger partial charge in [0.1, 0.15) is 17.6 Å². The average molecular weight is 268 g/mol. The minimum atomic E-state index is 0.167. The number of furan rings is 2. The first kappa shape index (κ1) is 11.6. The summed E-state index contributed by atoms with van der Waals surface area (Å²) in [4.78, 5) is 0. The number of hydrogen-bond acceptors (Lipinski definition) is 4. The highest BCUT2D eigenvalue weighted by Crippen LogP contribution is 2.39. The second-order valence-corrected chi connectivity index (χ2v) is 5.30. The second-order valence-electron chi connectivity index (χ2n) is 5.30. The zero-order valence-corrected chi connectivity index (χ0v) is 11.1. The zero-order valence-electron chi connectivity index (χ0n) is 11.1. The first-order valence-electron chi connectivity index (χ1n) is 7.03. The van der Waals surface area contributed by atoms with Gasteiger partial charge in [-0.25, -0.2) is 0 Å². The Morgan fingerprint density at radius 1 is 1.20 bits per heavy atom. The smallest absolute Gasteiger partial charge is 0.128 e. The molecular weight excluding hydrogens is 252 g/mol. The molecule has 0 bridgehead atoms. The summed E-state index contributed by atoms with van der Waals surface area (Å²) in [6, 6.07) is 8.00. The fraction of sp³-hybridized carbons (Fsp3) is 0.312. The van der Waals surface area contributed by atoms with E-state index in [1.54, 1.807) is 12.5 Å². The van der Waals surface area contributed by atoms with Gasteiger partial charge in [-0.2, -0.15) is 5.10 Å². The van der Waals surface area contributed by atoms with Crippen molar-refractivity contribution in [2.45, 2.75) is 25.3 Å². The van der Waals surface area contributed by atoms with Crippen molar-refractivity contribution < 1.29 is 8.83 Å². The molecule has 3 heterocycles. The molecule has 1 aliphatic heterocycles. The van der Waals surface area contributed by atoms with E-state index in [-0.39, 0.29) is 6.04 Å². The quantitative estimate of drug-likeness (QED) is 0.902. The van der Waals surface area contributed by atoms with Crippen molar-refractivity contribution in [1.82, 2.24) is 5.43 Å². The van der Waals surface area contributed by atoms with Gasteiger partial charge in [0, 0.05) is 5.92 Å². The summed E-state index contributed by atoms with van der Waals surface area (Å²) in [5.74, 6) is 2.26. The maximum atomic E-state index is 5.53. The van der Waals surface area contributed by atoms with Crippen molar-refractivity contribution in [2.75, 3.05) is 0 Å². The largest absolute Gasteiger partial charge is 0.467 e. The molecule has 4 rings (SSSR count). The third-order valence-corrected chi connectivity index (χ3v) is 4.08. The Balaban J connectivity index is 1.63. The average Bonchev–Trinajstić information content (AvgIpc) is 3.20. The molecule has 20 heavy (non-hydrogen) atoms. The van der Waals surface area contributed by atoms with Gasteiger partial charge in [0.05, 0.1) is 18.2 Å². The Kier molecular flexibility index (Phi) is 2.73. The van der Waals surface area contributed by atoms with Gasteiger partial charge in [-0.3, -0.25) is 5.43 Å². The maximum Gasteiger partial charge on any atom is 0.128 e. The summed E-state index contributed by atoms with van der Waals surface area (Å²) in [6.45, 7) is 0. The lowest BCUT2D eigenvalue weighted by Gasteiger charge is -2.24. The molecule has 0 radical (unpaired) electrons. The van der Waals surface area contributed by atoms with Gasteiger partial charge >= 0.3 is 0 Å². The van der Waals surface area contributed by atoms with E-state index in [9.17, 15) is 0 Å². The van der Waals surface area contributed by atoms with E-state index in [1.165, 1.54) is 12.0 Å². The number of rotatable bonds is 2. The monoisotopic (exact) mass is 268 g/mol. The number of nitrogens with zero attached hydrogens (tertiary/aromatic N) is 1. The topological polar surface area (TPSA) is 50.7 Å². The second kappa shape index (κ2) is 4.71. The lowest BCUT2D eigenvalue weighted by Crippen LogP contribution is -2.25. The summed E-state index contributed by atoms with van der Waals surface area (Å²) >= 11 is 0. The van der Waals surface area contributed by atoms with E-state index < -0.39 is 0 Å². The van der Waals surface area contributed by atoms with Gasteiger partial charge in [-0.15, -0.1) is 0 Å². The van der Waals surface area contributed by atoms with Crippen LogP contribution >= 0.6 is 0 Å². The maximum absolute atomic E-state index is 5.53. The van der Waals surface area contributed by atoms with E-state index in [4.69, 9.17) is 8.83 Å². The first-order valence-corrected chi connectivity index (χ1v) is 7.03. The van der Waals surface area contributed by atoms with E-state index in [0.29, 0.717) is 5.92 Å². The van der Waals surface area contributed by atoms with Crippen LogP contribution in [-0.2, 0) is 0 Å². The minimum absolute atomic E-state index is 0.167. The lowest BCUT2D eigenvalue weighted by atomic mass is 9.79. The predicted octanol–water partition coefficient (Wildman–Crippen LogP) is 3.76. The van der Waals surface area contributed by atoms with Crippen LogP contribution in [0.4, 0.5) is 0 Å². The van der Waals surface area contributed by atoms with E-state index in [1.807, 2.05) is 24.3 Å². The zero-order chi connectivity index (χ0) is 13.4. The molecule has 0 spiro atoms. The van der Waals surface area contributed by atoms with E-state index >= 15 is 0 Å². The highest BCUT2D eigenvalue weighted by Gasteiger charge is 2.38. The van der Waals surface area contributed by atoms with Crippen molar-refractivity contribution in [3.05, 3.63) is 53.9 Å². The van der Waals surface area contributed by atoms with Crippen LogP contribution in [0.2, 0.25) is 0 Å². The normalized spacial score (nSPS) is 27.2. The van der Waals surface area contributed by atoms with Gasteiger partial charge in [0.2, 0.25) is 0 Å². The van der Waals surface area contributed by atoms with Crippen molar-refractivity contribution in [1.29, 1.82) is 0 Å². The minimum Gasteiger partial charge on any atom is -0.467 e. The van der Waals surface area contributed by atoms with Crippen LogP contribution in [0, 0.1) is 5.92 Å². The SMILES string of the molecule is C(=C1\CCC[C@@H]2C1=NN[C@H]2c1ccco1)/c1ccco1. The van der Waals surface area contributed by atoms with Crippen LogP contribution in [0.15, 0.2) is 56.3 Å². The fourth-order valence-electron chi connectivity index (χ4n) is 3.15. The highest BCUT2D eigenvalue weighted by atomic mass is 16.3. The van der Waals surface area contributed by atoms with Crippen molar-refractivity contribution in [3.63, 3.8) is 0 Å². The fourth-order valence-corrected chi connectivity index (χ4v) is 3.15. The molecule has 1 fully saturated rings. The third-order valence-electron chi connectivity index (χ3n) is 4.08. The number of nitrogens with one attached hydrogen (secondary N) is 1. The molecule has 4 heteroatoms. The standard InChI is InChI=1S/C16H16N2O2/c1-4-11(10-12-5-2-8-19-12)15-13(6-1)16(18-17-15)14-7-3-9-20-14/h2-3,5,7-10,13,16,18H,1,4,6H2/b11-10-/t13-,16-/m1/s1. The Labute approximate surface area is 117 Å². The van der Waals surface area contributed by atoms with E-state index in [2.05, 4.69) is 16.6 Å². The van der Waals surface area contributed by atoms with Gasteiger partial charge < -0.3 is 8.83 Å². The Hall–Kier alpha value is -2.23. The van der Waals surface area contributed by atoms with Crippen LogP contribution in [0.1, 0.15) is 36.8 Å². The number of hydrogen-bond donors (Lipinski definition) is 1. The number of fused-ring (bicyclic) bond motifs is 1. The molecule has 2 aromatic rings. The summed E-state index contributed by atoms with van der Waals surface area (Å²) in [5.41, 5.74) is 5.67. The molecule has 4 nitrogen and oxygen atoms in total. The Morgan fingerprint density at radius 3 is 2.90 bits per heavy atom. The van der Waals surface area contributed by atoms with Crippen LogP contribution in [0.3, 0.4) is 0 Å². The molecule has 0 amide bonds. The summed E-state index contributed by atoms with van der Waals surface area (Å²) < 4.78 is 10.9. The summed E-state index contributed by atoms with van der Waals surface area (Å²) in [7, 11) is 0. The molecule has 0 unspecified atom stereocenters. The van der Waals surface area contributed by atoms with Gasteiger partial charge in [0.25, 0.3) is 0 Å². The molecule has 0 aromatic carbocycles. The third kappa shape index (κ3) is 1.88. The predicted molar refractivity (Wildman–Crippen MR) is 76.0 cm³/mol. The first-order chi connectivity index (χ1) is 9.92. The van der Waals surface area contributed by atoms with Crippen molar-refractivity contribution in [3.8, 4) is 0 Å². The van der Waals surface area contributed by atoms with Crippen LogP contribution in [0.5, 0.6) is 0 Å². The molecule has 1 saturated carbocycles. The molecule has 1 aliphatic carbocycles. The lowest BCUT2D eigenvalue weighted by molar-refractivity contribution is 0.371. The Bertz CT molecular complexity index is 638. The van der Waals surface area contributed by atoms with Crippen molar-refractivity contribution >= 4 is 11.8 Å². The number of allylic oxidation sites excluding steroid dienone is 1. The van der Waals surface area contributed by atoms with Crippen LogP contribution in [0.25, 0.3) is 6.08 Å². The molecule has 102 valence electrons. The van der Waals surface area contributed by atoms with Crippen LogP contribution in [-0.4, -0.2) is 5.71 Å². The molecular formula is C16H16N2O2. The molecule has 2 atom stereocenters. The molecule has 0 saturated heterocycles. The summed E-state index contributed by atoms with van der Waals surface area (Å²) in [6.07, 6.45) is 8.91. The molecule has 1 N–H and O–H groups in total. The molecule has 2 aromatic heterocycles. The van der Waals surface area contributed by atoms with E-state index in [0.717, 1.165) is 30.1 Å². The van der Waals surface area contributed by atoms with Gasteiger partial charge in [-0.1, -0.05) is 0 Å². The number of hydrazone groups is 1. The Morgan fingerprint density at radius 2 is 2.10 bits per heavy atom. The van der Waals surface area contributed by atoms with Gasteiger partial charge in [0.15, 0.2) is 0 Å². The molecule has 2 aliphatic rings. The highest BCUT2D eigenvalue weighted by molar-refractivity contribution is 6.06. The van der Waals surface area contributed by atoms with Crippen LogP contribution < -0.4 is 5.43 Å². The summed E-state index contributed by atoms with van der Waals surface area (Å²) in [5, 5.41) is 4.55. The van der Waals surface area contributed by atoms with Crippen molar-refractivity contribution in [2.24, 2.45) is 11.0 Å². The van der Waals surface area contributed by atoms with Gasteiger partial charge in [-0.05, 0) is 55.2 Å².